The van der Waals surface area contributed by atoms with Gasteiger partial charge in [0.25, 0.3) is 0 Å². The lowest BCUT2D eigenvalue weighted by molar-refractivity contribution is 0.288. The van der Waals surface area contributed by atoms with E-state index < -0.39 is 0 Å². The summed E-state index contributed by atoms with van der Waals surface area (Å²) in [6.45, 7) is 5.02. The molecule has 0 aliphatic carbocycles. The number of nitrogens with zero attached hydrogens (tertiary/aromatic N) is 2. The molecule has 3 aromatic rings. The lowest BCUT2D eigenvalue weighted by Crippen LogP contribution is -1.98. The highest BCUT2D eigenvalue weighted by Crippen LogP contribution is 2.33. The fourth-order valence-corrected chi connectivity index (χ4v) is 2.35. The Kier molecular flexibility index (Phi) is 3.87. The first-order valence-electron chi connectivity index (χ1n) is 7.29. The molecule has 2 heterocycles. The number of aromatic hydroxyl groups is 1. The lowest BCUT2D eigenvalue weighted by atomic mass is 10.1. The molecule has 1 aromatic carbocycles. The molecule has 1 N–H and O–H groups in total. The number of hydrogen-bond acceptors (Lipinski definition) is 4. The summed E-state index contributed by atoms with van der Waals surface area (Å²) in [5.41, 5.74) is 2.21. The summed E-state index contributed by atoms with van der Waals surface area (Å²) < 4.78 is 13.0. The molecule has 0 saturated carbocycles. The number of hydrogen-bond donors (Lipinski definition) is 1. The highest BCUT2D eigenvalue weighted by molar-refractivity contribution is 5.68. The molecule has 0 aliphatic rings. The monoisotopic (exact) mass is 298 g/mol. The lowest BCUT2D eigenvalue weighted by Gasteiger charge is -2.11. The summed E-state index contributed by atoms with van der Waals surface area (Å²) in [6, 6.07) is 9.13. The third-order valence-electron chi connectivity index (χ3n) is 3.30. The van der Waals surface area contributed by atoms with Crippen LogP contribution in [0.5, 0.6) is 17.2 Å². The van der Waals surface area contributed by atoms with Crippen LogP contribution >= 0.6 is 0 Å². The second kappa shape index (κ2) is 5.97. The van der Waals surface area contributed by atoms with E-state index in [1.807, 2.05) is 44.4 Å². The fraction of sp³-hybridized carbons (Fsp3) is 0.235. The number of aromatic nitrogens is 2. The molecule has 22 heavy (non-hydrogen) atoms. The van der Waals surface area contributed by atoms with Crippen LogP contribution in [0.2, 0.25) is 0 Å². The molecule has 5 heteroatoms. The molecule has 0 amide bonds. The van der Waals surface area contributed by atoms with Crippen molar-refractivity contribution in [2.75, 3.05) is 13.2 Å². The predicted octanol–water partition coefficient (Wildman–Crippen LogP) is 3.50. The number of pyridine rings is 1. The van der Waals surface area contributed by atoms with Crippen LogP contribution in [0, 0.1) is 0 Å². The average Bonchev–Trinajstić information content (AvgIpc) is 2.95. The molecule has 2 aromatic heterocycles. The van der Waals surface area contributed by atoms with Crippen molar-refractivity contribution in [1.82, 2.24) is 9.38 Å². The SMILES string of the molecule is CCOc1ccc(-c2cn3cccc(O)c3n2)cc1OCC. The maximum Gasteiger partial charge on any atom is 0.180 e. The van der Waals surface area contributed by atoms with Crippen molar-refractivity contribution in [3.63, 3.8) is 0 Å². The standard InChI is InChI=1S/C17H18N2O3/c1-3-21-15-8-7-12(10-16(15)22-4-2)13-11-19-9-5-6-14(20)17(19)18-13/h5-11,20H,3-4H2,1-2H3. The number of benzene rings is 1. The minimum atomic E-state index is 0.157. The highest BCUT2D eigenvalue weighted by atomic mass is 16.5. The van der Waals surface area contributed by atoms with E-state index in [0.717, 1.165) is 17.0 Å². The normalized spacial score (nSPS) is 10.8. The van der Waals surface area contributed by atoms with Crippen molar-refractivity contribution in [2.24, 2.45) is 0 Å². The van der Waals surface area contributed by atoms with Crippen molar-refractivity contribution in [1.29, 1.82) is 0 Å². The van der Waals surface area contributed by atoms with Gasteiger partial charge in [-0.15, -0.1) is 0 Å². The molecular formula is C17H18N2O3. The van der Waals surface area contributed by atoms with E-state index in [0.29, 0.717) is 24.6 Å². The van der Waals surface area contributed by atoms with Gasteiger partial charge in [-0.25, -0.2) is 4.98 Å². The van der Waals surface area contributed by atoms with Gasteiger partial charge in [0.2, 0.25) is 0 Å². The third kappa shape index (κ3) is 2.57. The number of ether oxygens (including phenoxy) is 2. The molecule has 0 atom stereocenters. The molecule has 0 spiro atoms. The van der Waals surface area contributed by atoms with Gasteiger partial charge in [-0.05, 0) is 44.2 Å². The Morgan fingerprint density at radius 1 is 1.09 bits per heavy atom. The maximum absolute atomic E-state index is 9.86. The number of imidazole rings is 1. The van der Waals surface area contributed by atoms with Crippen molar-refractivity contribution in [2.45, 2.75) is 13.8 Å². The maximum atomic E-state index is 9.86. The molecule has 0 radical (unpaired) electrons. The van der Waals surface area contributed by atoms with Crippen molar-refractivity contribution >= 4 is 5.65 Å². The van der Waals surface area contributed by atoms with E-state index in [1.54, 1.807) is 16.5 Å². The Hall–Kier alpha value is -2.69. The van der Waals surface area contributed by atoms with Crippen LogP contribution < -0.4 is 9.47 Å². The Balaban J connectivity index is 2.05. The summed E-state index contributed by atoms with van der Waals surface area (Å²) >= 11 is 0. The van der Waals surface area contributed by atoms with Crippen LogP contribution in [0.3, 0.4) is 0 Å². The smallest absolute Gasteiger partial charge is 0.180 e. The number of rotatable bonds is 5. The predicted molar refractivity (Wildman–Crippen MR) is 84.6 cm³/mol. The van der Waals surface area contributed by atoms with Gasteiger partial charge >= 0.3 is 0 Å². The minimum Gasteiger partial charge on any atom is -0.504 e. The van der Waals surface area contributed by atoms with Gasteiger partial charge in [0, 0.05) is 18.0 Å². The molecule has 0 saturated heterocycles. The van der Waals surface area contributed by atoms with Crippen LogP contribution in [0.4, 0.5) is 0 Å². The van der Waals surface area contributed by atoms with Crippen LogP contribution in [-0.2, 0) is 0 Å². The van der Waals surface area contributed by atoms with Crippen molar-refractivity contribution < 1.29 is 14.6 Å². The Labute approximate surface area is 128 Å². The van der Waals surface area contributed by atoms with Gasteiger partial charge in [0.15, 0.2) is 22.9 Å². The summed E-state index contributed by atoms with van der Waals surface area (Å²) in [4.78, 5) is 4.48. The second-order valence-electron chi connectivity index (χ2n) is 4.78. The Bertz CT molecular complexity index is 796. The van der Waals surface area contributed by atoms with Gasteiger partial charge in [0.1, 0.15) is 0 Å². The summed E-state index contributed by atoms with van der Waals surface area (Å²) in [6.07, 6.45) is 3.73. The van der Waals surface area contributed by atoms with Crippen molar-refractivity contribution in [3.8, 4) is 28.5 Å². The molecule has 3 rings (SSSR count). The van der Waals surface area contributed by atoms with Crippen LogP contribution in [0.15, 0.2) is 42.7 Å². The summed E-state index contributed by atoms with van der Waals surface area (Å²) in [5, 5.41) is 9.86. The fourth-order valence-electron chi connectivity index (χ4n) is 2.35. The number of fused-ring (bicyclic) bond motifs is 1. The van der Waals surface area contributed by atoms with Crippen LogP contribution in [0.25, 0.3) is 16.9 Å². The van der Waals surface area contributed by atoms with E-state index in [1.165, 1.54) is 0 Å². The Morgan fingerprint density at radius 2 is 1.86 bits per heavy atom. The molecule has 0 bridgehead atoms. The van der Waals surface area contributed by atoms with Crippen LogP contribution in [0.1, 0.15) is 13.8 Å². The van der Waals surface area contributed by atoms with Gasteiger partial charge in [0.05, 0.1) is 18.9 Å². The summed E-state index contributed by atoms with van der Waals surface area (Å²) in [5.74, 6) is 1.58. The van der Waals surface area contributed by atoms with E-state index >= 15 is 0 Å². The van der Waals surface area contributed by atoms with E-state index in [9.17, 15) is 5.11 Å². The molecular weight excluding hydrogens is 280 g/mol. The minimum absolute atomic E-state index is 0.157. The van der Waals surface area contributed by atoms with E-state index in [4.69, 9.17) is 9.47 Å². The van der Waals surface area contributed by atoms with Gasteiger partial charge in [-0.1, -0.05) is 0 Å². The van der Waals surface area contributed by atoms with E-state index in [2.05, 4.69) is 4.98 Å². The molecule has 5 nitrogen and oxygen atoms in total. The van der Waals surface area contributed by atoms with E-state index in [-0.39, 0.29) is 5.75 Å². The average molecular weight is 298 g/mol. The zero-order valence-electron chi connectivity index (χ0n) is 12.6. The molecule has 0 unspecified atom stereocenters. The van der Waals surface area contributed by atoms with Crippen molar-refractivity contribution in [3.05, 3.63) is 42.7 Å². The van der Waals surface area contributed by atoms with Gasteiger partial charge in [-0.2, -0.15) is 0 Å². The van der Waals surface area contributed by atoms with Crippen LogP contribution in [-0.4, -0.2) is 27.7 Å². The molecule has 0 aliphatic heterocycles. The second-order valence-corrected chi connectivity index (χ2v) is 4.78. The van der Waals surface area contributed by atoms with Gasteiger partial charge in [-0.3, -0.25) is 0 Å². The first kappa shape index (κ1) is 14.3. The summed E-state index contributed by atoms with van der Waals surface area (Å²) in [7, 11) is 0. The largest absolute Gasteiger partial charge is 0.504 e. The first-order chi connectivity index (χ1) is 10.7. The first-order valence-corrected chi connectivity index (χ1v) is 7.29. The zero-order chi connectivity index (χ0) is 15.5. The van der Waals surface area contributed by atoms with Gasteiger partial charge < -0.3 is 19.0 Å². The third-order valence-corrected chi connectivity index (χ3v) is 3.30. The Morgan fingerprint density at radius 3 is 2.59 bits per heavy atom. The zero-order valence-corrected chi connectivity index (χ0v) is 12.6. The topological polar surface area (TPSA) is 56.0 Å². The molecule has 114 valence electrons. The highest BCUT2D eigenvalue weighted by Gasteiger charge is 2.11. The molecule has 0 fully saturated rings. The quantitative estimate of drug-likeness (QED) is 0.783.